The Bertz CT molecular complexity index is 638. The Balaban J connectivity index is 1.95. The molecule has 0 saturated carbocycles. The van der Waals surface area contributed by atoms with E-state index in [2.05, 4.69) is 15.5 Å². The first-order chi connectivity index (χ1) is 10.2. The minimum Gasteiger partial charge on any atom is -0.493 e. The first-order valence-electron chi connectivity index (χ1n) is 6.72. The lowest BCUT2D eigenvalue weighted by Crippen LogP contribution is -2.12. The molecule has 0 radical (unpaired) electrons. The topological polar surface area (TPSA) is 69.4 Å². The first-order valence-corrected chi connectivity index (χ1v) is 7.09. The van der Waals surface area contributed by atoms with Crippen molar-refractivity contribution in [3.63, 3.8) is 0 Å². The van der Waals surface area contributed by atoms with Crippen LogP contribution in [0.1, 0.15) is 24.8 Å². The molecule has 2 heterocycles. The summed E-state index contributed by atoms with van der Waals surface area (Å²) < 4.78 is 15.8. The van der Waals surface area contributed by atoms with Crippen LogP contribution >= 0.6 is 11.6 Å². The third-order valence-electron chi connectivity index (χ3n) is 3.49. The van der Waals surface area contributed by atoms with Crippen LogP contribution in [-0.2, 0) is 0 Å². The number of hydrogen-bond acceptors (Lipinski definition) is 6. The highest BCUT2D eigenvalue weighted by Crippen LogP contribution is 2.38. The van der Waals surface area contributed by atoms with E-state index in [0.29, 0.717) is 28.2 Å². The van der Waals surface area contributed by atoms with E-state index in [1.165, 1.54) is 0 Å². The largest absolute Gasteiger partial charge is 0.493 e. The number of ether oxygens (including phenoxy) is 2. The van der Waals surface area contributed by atoms with Crippen molar-refractivity contribution < 1.29 is 14.0 Å². The SMILES string of the molecule is COc1cc(-c2noc([C@H]3CCCN3)n2)cc(Cl)c1OC. The van der Waals surface area contributed by atoms with Crippen LogP contribution in [0.4, 0.5) is 0 Å². The molecule has 3 rings (SSSR count). The van der Waals surface area contributed by atoms with Crippen LogP contribution in [0.2, 0.25) is 5.02 Å². The van der Waals surface area contributed by atoms with E-state index in [1.54, 1.807) is 26.4 Å². The normalized spacial score (nSPS) is 18.0. The van der Waals surface area contributed by atoms with E-state index in [4.69, 9.17) is 25.6 Å². The molecule has 0 amide bonds. The lowest BCUT2D eigenvalue weighted by Gasteiger charge is -2.10. The number of methoxy groups -OCH3 is 2. The second-order valence-corrected chi connectivity index (χ2v) is 5.21. The molecule has 1 aromatic carbocycles. The molecule has 0 aliphatic carbocycles. The minimum absolute atomic E-state index is 0.141. The highest BCUT2D eigenvalue weighted by Gasteiger charge is 2.23. The van der Waals surface area contributed by atoms with Crippen LogP contribution < -0.4 is 14.8 Å². The Kier molecular flexibility index (Phi) is 3.98. The number of nitrogens with one attached hydrogen (secondary N) is 1. The molecule has 1 aromatic heterocycles. The van der Waals surface area contributed by atoms with Gasteiger partial charge in [-0.25, -0.2) is 0 Å². The van der Waals surface area contributed by atoms with Crippen LogP contribution in [-0.4, -0.2) is 30.9 Å². The van der Waals surface area contributed by atoms with Crippen LogP contribution in [0, 0.1) is 0 Å². The number of hydrogen-bond donors (Lipinski definition) is 1. The fourth-order valence-electron chi connectivity index (χ4n) is 2.44. The van der Waals surface area contributed by atoms with Gasteiger partial charge in [0.05, 0.1) is 25.3 Å². The fourth-order valence-corrected chi connectivity index (χ4v) is 2.72. The van der Waals surface area contributed by atoms with Crippen molar-refractivity contribution in [2.45, 2.75) is 18.9 Å². The summed E-state index contributed by atoms with van der Waals surface area (Å²) in [6.07, 6.45) is 2.12. The van der Waals surface area contributed by atoms with Gasteiger partial charge in [0.2, 0.25) is 11.7 Å². The van der Waals surface area contributed by atoms with Crippen LogP contribution in [0.15, 0.2) is 16.7 Å². The molecule has 0 unspecified atom stereocenters. The van der Waals surface area contributed by atoms with Crippen molar-refractivity contribution in [2.75, 3.05) is 20.8 Å². The van der Waals surface area contributed by atoms with Gasteiger partial charge in [0.25, 0.3) is 0 Å². The number of rotatable bonds is 4. The lowest BCUT2D eigenvalue weighted by atomic mass is 10.2. The van der Waals surface area contributed by atoms with Crippen LogP contribution in [0.25, 0.3) is 11.4 Å². The molecule has 0 bridgehead atoms. The standard InChI is InChI=1S/C14H16ClN3O3/c1-19-11-7-8(6-9(15)12(11)20-2)13-17-14(21-18-13)10-4-3-5-16-10/h6-7,10,16H,3-5H2,1-2H3/t10-/m1/s1. The van der Waals surface area contributed by atoms with E-state index >= 15 is 0 Å². The zero-order valence-corrected chi connectivity index (χ0v) is 12.6. The predicted molar refractivity (Wildman–Crippen MR) is 77.8 cm³/mol. The van der Waals surface area contributed by atoms with Crippen molar-refractivity contribution >= 4 is 11.6 Å². The highest BCUT2D eigenvalue weighted by atomic mass is 35.5. The average molecular weight is 310 g/mol. The predicted octanol–water partition coefficient (Wildman–Crippen LogP) is 2.83. The molecule has 1 N–H and O–H groups in total. The van der Waals surface area contributed by atoms with E-state index in [0.717, 1.165) is 24.9 Å². The summed E-state index contributed by atoms with van der Waals surface area (Å²) >= 11 is 6.19. The highest BCUT2D eigenvalue weighted by molar-refractivity contribution is 6.32. The van der Waals surface area contributed by atoms with Crippen molar-refractivity contribution in [1.29, 1.82) is 0 Å². The van der Waals surface area contributed by atoms with Crippen LogP contribution in [0.3, 0.4) is 0 Å². The number of aromatic nitrogens is 2. The van der Waals surface area contributed by atoms with Crippen molar-refractivity contribution in [2.24, 2.45) is 0 Å². The molecule has 1 fully saturated rings. The van der Waals surface area contributed by atoms with Crippen molar-refractivity contribution in [3.05, 3.63) is 23.0 Å². The summed E-state index contributed by atoms with van der Waals surface area (Å²) in [6.45, 7) is 0.977. The maximum absolute atomic E-state index is 6.19. The summed E-state index contributed by atoms with van der Waals surface area (Å²) in [7, 11) is 3.10. The van der Waals surface area contributed by atoms with Gasteiger partial charge in [-0.1, -0.05) is 16.8 Å². The molecular weight excluding hydrogens is 294 g/mol. The Morgan fingerprint density at radius 2 is 2.19 bits per heavy atom. The summed E-state index contributed by atoms with van der Waals surface area (Å²) in [5, 5.41) is 7.79. The van der Waals surface area contributed by atoms with Crippen molar-refractivity contribution in [3.8, 4) is 22.9 Å². The van der Waals surface area contributed by atoms with Crippen molar-refractivity contribution in [1.82, 2.24) is 15.5 Å². The van der Waals surface area contributed by atoms with Gasteiger partial charge in [-0.15, -0.1) is 0 Å². The Hall–Kier alpha value is -1.79. The maximum Gasteiger partial charge on any atom is 0.244 e. The molecule has 21 heavy (non-hydrogen) atoms. The minimum atomic E-state index is 0.141. The summed E-state index contributed by atoms with van der Waals surface area (Å²) in [5.74, 6) is 2.12. The van der Waals surface area contributed by atoms with Gasteiger partial charge < -0.3 is 19.3 Å². The molecule has 1 saturated heterocycles. The lowest BCUT2D eigenvalue weighted by molar-refractivity contribution is 0.344. The van der Waals surface area contributed by atoms with Gasteiger partial charge >= 0.3 is 0 Å². The number of benzene rings is 1. The summed E-state index contributed by atoms with van der Waals surface area (Å²) in [6, 6.07) is 3.66. The molecule has 1 aliphatic rings. The second-order valence-electron chi connectivity index (χ2n) is 4.80. The van der Waals surface area contributed by atoms with E-state index in [9.17, 15) is 0 Å². The summed E-state index contributed by atoms with van der Waals surface area (Å²) in [5.41, 5.74) is 0.727. The maximum atomic E-state index is 6.19. The fraction of sp³-hybridized carbons (Fsp3) is 0.429. The second kappa shape index (κ2) is 5.91. The molecule has 1 aliphatic heterocycles. The average Bonchev–Trinajstić information content (AvgIpc) is 3.16. The van der Waals surface area contributed by atoms with Crippen LogP contribution in [0.5, 0.6) is 11.5 Å². The van der Waals surface area contributed by atoms with Gasteiger partial charge in [0, 0.05) is 5.56 Å². The Morgan fingerprint density at radius 3 is 2.86 bits per heavy atom. The zero-order valence-electron chi connectivity index (χ0n) is 11.9. The van der Waals surface area contributed by atoms with Gasteiger partial charge in [0.1, 0.15) is 0 Å². The first kappa shape index (κ1) is 14.2. The third-order valence-corrected chi connectivity index (χ3v) is 3.77. The molecule has 6 nitrogen and oxygen atoms in total. The van der Waals surface area contributed by atoms with E-state index < -0.39 is 0 Å². The molecule has 0 spiro atoms. The number of nitrogens with zero attached hydrogens (tertiary/aromatic N) is 2. The van der Waals surface area contributed by atoms with Gasteiger partial charge in [-0.2, -0.15) is 4.98 Å². The van der Waals surface area contributed by atoms with E-state index in [1.807, 2.05) is 0 Å². The third kappa shape index (κ3) is 2.69. The van der Waals surface area contributed by atoms with Gasteiger partial charge in [-0.3, -0.25) is 0 Å². The molecule has 1 atom stereocenters. The molecular formula is C14H16ClN3O3. The molecule has 2 aromatic rings. The quantitative estimate of drug-likeness (QED) is 0.936. The Morgan fingerprint density at radius 1 is 1.33 bits per heavy atom. The van der Waals surface area contributed by atoms with E-state index in [-0.39, 0.29) is 6.04 Å². The molecule has 7 heteroatoms. The smallest absolute Gasteiger partial charge is 0.244 e. The van der Waals surface area contributed by atoms with Gasteiger partial charge in [-0.05, 0) is 31.5 Å². The zero-order chi connectivity index (χ0) is 14.8. The monoisotopic (exact) mass is 309 g/mol. The Labute approximate surface area is 127 Å². The summed E-state index contributed by atoms with van der Waals surface area (Å²) in [4.78, 5) is 4.44. The molecule has 112 valence electrons. The number of halogens is 1. The van der Waals surface area contributed by atoms with Gasteiger partial charge in [0.15, 0.2) is 11.5 Å².